The number of carbonyl (C=O) groups excluding carboxylic acids is 2. The van der Waals surface area contributed by atoms with Crippen molar-refractivity contribution in [3.05, 3.63) is 0 Å². The standard InChI is InChI=1S/C17H31ClO4/c1-3-21-17(20)16(18)13-11-9-7-5-4-6-8-10-12-14-22-15(2)19/h16H,3-14H2,1-2H3/t16-/m1/s1. The molecule has 1 atom stereocenters. The lowest BCUT2D eigenvalue weighted by Crippen LogP contribution is -2.17. The summed E-state index contributed by atoms with van der Waals surface area (Å²) in [4.78, 5) is 21.9. The van der Waals surface area contributed by atoms with Crippen molar-refractivity contribution in [1.29, 1.82) is 0 Å². The molecule has 5 heteroatoms. The number of alkyl halides is 1. The van der Waals surface area contributed by atoms with Crippen LogP contribution in [0.15, 0.2) is 0 Å². The Morgan fingerprint density at radius 3 is 1.86 bits per heavy atom. The number of esters is 2. The highest BCUT2D eigenvalue weighted by Gasteiger charge is 2.15. The van der Waals surface area contributed by atoms with E-state index in [2.05, 4.69) is 0 Å². The first-order valence-electron chi connectivity index (χ1n) is 8.52. The predicted molar refractivity (Wildman–Crippen MR) is 89.1 cm³/mol. The fraction of sp³-hybridized carbons (Fsp3) is 0.882. The van der Waals surface area contributed by atoms with Crippen LogP contribution in [0, 0.1) is 0 Å². The van der Waals surface area contributed by atoms with E-state index in [0.717, 1.165) is 25.7 Å². The van der Waals surface area contributed by atoms with Crippen molar-refractivity contribution in [2.24, 2.45) is 0 Å². The van der Waals surface area contributed by atoms with E-state index in [1.807, 2.05) is 0 Å². The number of hydrogen-bond acceptors (Lipinski definition) is 4. The molecule has 0 spiro atoms. The van der Waals surface area contributed by atoms with E-state index < -0.39 is 5.38 Å². The van der Waals surface area contributed by atoms with Crippen molar-refractivity contribution >= 4 is 23.5 Å². The SMILES string of the molecule is CCOC(=O)[C@H](Cl)CCCCCCCCCCCOC(C)=O. The molecule has 0 saturated carbocycles. The van der Waals surface area contributed by atoms with Crippen LogP contribution in [0.5, 0.6) is 0 Å². The highest BCUT2D eigenvalue weighted by Crippen LogP contribution is 2.14. The Morgan fingerprint density at radius 2 is 1.36 bits per heavy atom. The van der Waals surface area contributed by atoms with Crippen molar-refractivity contribution in [3.8, 4) is 0 Å². The van der Waals surface area contributed by atoms with Crippen LogP contribution in [0.2, 0.25) is 0 Å². The quantitative estimate of drug-likeness (QED) is 0.264. The van der Waals surface area contributed by atoms with Crippen LogP contribution in [-0.4, -0.2) is 30.5 Å². The van der Waals surface area contributed by atoms with Gasteiger partial charge in [-0.05, 0) is 19.8 Å². The molecule has 0 aliphatic carbocycles. The smallest absolute Gasteiger partial charge is 0.324 e. The lowest BCUT2D eigenvalue weighted by molar-refractivity contribution is -0.143. The van der Waals surface area contributed by atoms with E-state index >= 15 is 0 Å². The summed E-state index contributed by atoms with van der Waals surface area (Å²) in [6.07, 6.45) is 11.0. The molecule has 0 saturated heterocycles. The summed E-state index contributed by atoms with van der Waals surface area (Å²) in [7, 11) is 0. The lowest BCUT2D eigenvalue weighted by Gasteiger charge is -2.08. The van der Waals surface area contributed by atoms with Crippen LogP contribution < -0.4 is 0 Å². The van der Waals surface area contributed by atoms with Gasteiger partial charge in [0.05, 0.1) is 13.2 Å². The third kappa shape index (κ3) is 14.2. The second-order valence-corrected chi connectivity index (χ2v) is 6.06. The summed E-state index contributed by atoms with van der Waals surface area (Å²) in [5.74, 6) is -0.486. The zero-order valence-electron chi connectivity index (χ0n) is 14.1. The van der Waals surface area contributed by atoms with E-state index in [0.29, 0.717) is 19.6 Å². The van der Waals surface area contributed by atoms with Gasteiger partial charge in [0.1, 0.15) is 5.38 Å². The van der Waals surface area contributed by atoms with Crippen LogP contribution in [0.25, 0.3) is 0 Å². The molecule has 22 heavy (non-hydrogen) atoms. The first kappa shape index (κ1) is 21.2. The van der Waals surface area contributed by atoms with Gasteiger partial charge in [0.15, 0.2) is 0 Å². The topological polar surface area (TPSA) is 52.6 Å². The average molecular weight is 335 g/mol. The van der Waals surface area contributed by atoms with Crippen LogP contribution in [0.1, 0.15) is 78.1 Å². The lowest BCUT2D eigenvalue weighted by atomic mass is 10.1. The van der Waals surface area contributed by atoms with Gasteiger partial charge in [0.25, 0.3) is 0 Å². The summed E-state index contributed by atoms with van der Waals surface area (Å²) in [5, 5.41) is -0.489. The van der Waals surface area contributed by atoms with Crippen molar-refractivity contribution < 1.29 is 19.1 Å². The molecule has 0 aromatic heterocycles. The Balaban J connectivity index is 3.20. The number of rotatable bonds is 14. The van der Waals surface area contributed by atoms with Gasteiger partial charge in [-0.15, -0.1) is 11.6 Å². The van der Waals surface area contributed by atoms with Gasteiger partial charge >= 0.3 is 11.9 Å². The maximum absolute atomic E-state index is 11.3. The number of unbranched alkanes of at least 4 members (excludes halogenated alkanes) is 8. The van der Waals surface area contributed by atoms with E-state index in [1.54, 1.807) is 6.92 Å². The maximum atomic E-state index is 11.3. The Hall–Kier alpha value is -0.770. The maximum Gasteiger partial charge on any atom is 0.324 e. The zero-order valence-corrected chi connectivity index (χ0v) is 14.8. The largest absolute Gasteiger partial charge is 0.466 e. The first-order chi connectivity index (χ1) is 10.6. The first-order valence-corrected chi connectivity index (χ1v) is 8.95. The highest BCUT2D eigenvalue weighted by atomic mass is 35.5. The molecule has 0 fully saturated rings. The molecule has 0 radical (unpaired) electrons. The van der Waals surface area contributed by atoms with Gasteiger partial charge in [-0.2, -0.15) is 0 Å². The Morgan fingerprint density at radius 1 is 0.864 bits per heavy atom. The third-order valence-electron chi connectivity index (χ3n) is 3.45. The van der Waals surface area contributed by atoms with E-state index in [4.69, 9.17) is 21.1 Å². The summed E-state index contributed by atoms with van der Waals surface area (Å²) < 4.78 is 9.75. The number of hydrogen-bond donors (Lipinski definition) is 0. The minimum Gasteiger partial charge on any atom is -0.466 e. The molecule has 0 aromatic carbocycles. The number of carbonyl (C=O) groups is 2. The van der Waals surface area contributed by atoms with Crippen molar-refractivity contribution in [2.75, 3.05) is 13.2 Å². The Kier molecular flexibility index (Phi) is 14.6. The minimum absolute atomic E-state index is 0.192. The summed E-state index contributed by atoms with van der Waals surface area (Å²) in [6, 6.07) is 0. The van der Waals surface area contributed by atoms with Crippen molar-refractivity contribution in [2.45, 2.75) is 83.4 Å². The molecular formula is C17H31ClO4. The zero-order chi connectivity index (χ0) is 16.6. The summed E-state index contributed by atoms with van der Waals surface area (Å²) >= 11 is 5.95. The van der Waals surface area contributed by atoms with E-state index in [-0.39, 0.29) is 11.9 Å². The molecule has 0 aliphatic rings. The van der Waals surface area contributed by atoms with Crippen LogP contribution in [-0.2, 0) is 19.1 Å². The normalized spacial score (nSPS) is 12.0. The fourth-order valence-corrected chi connectivity index (χ4v) is 2.45. The van der Waals surface area contributed by atoms with E-state index in [1.165, 1.54) is 39.0 Å². The molecule has 0 rings (SSSR count). The molecule has 0 heterocycles. The van der Waals surface area contributed by atoms with Crippen LogP contribution in [0.3, 0.4) is 0 Å². The van der Waals surface area contributed by atoms with E-state index in [9.17, 15) is 9.59 Å². The molecular weight excluding hydrogens is 304 g/mol. The third-order valence-corrected chi connectivity index (χ3v) is 3.85. The van der Waals surface area contributed by atoms with Gasteiger partial charge < -0.3 is 9.47 Å². The molecule has 0 N–H and O–H groups in total. The Labute approximate surface area is 139 Å². The second kappa shape index (κ2) is 15.1. The fourth-order valence-electron chi connectivity index (χ4n) is 2.23. The molecule has 0 bridgehead atoms. The van der Waals surface area contributed by atoms with Crippen LogP contribution >= 0.6 is 11.6 Å². The minimum atomic E-state index is -0.489. The predicted octanol–water partition coefficient (Wildman–Crippen LogP) is 4.62. The number of ether oxygens (including phenoxy) is 2. The van der Waals surface area contributed by atoms with Gasteiger partial charge in [-0.1, -0.05) is 51.4 Å². The van der Waals surface area contributed by atoms with Gasteiger partial charge in [0.2, 0.25) is 0 Å². The van der Waals surface area contributed by atoms with Gasteiger partial charge in [-0.3, -0.25) is 9.59 Å². The average Bonchev–Trinajstić information content (AvgIpc) is 2.48. The molecule has 4 nitrogen and oxygen atoms in total. The van der Waals surface area contributed by atoms with Gasteiger partial charge in [0, 0.05) is 6.92 Å². The van der Waals surface area contributed by atoms with Crippen LogP contribution in [0.4, 0.5) is 0 Å². The summed E-state index contributed by atoms with van der Waals surface area (Å²) in [6.45, 7) is 4.18. The van der Waals surface area contributed by atoms with Crippen molar-refractivity contribution in [3.63, 3.8) is 0 Å². The van der Waals surface area contributed by atoms with Gasteiger partial charge in [-0.25, -0.2) is 0 Å². The monoisotopic (exact) mass is 334 g/mol. The molecule has 130 valence electrons. The van der Waals surface area contributed by atoms with Crippen molar-refractivity contribution in [1.82, 2.24) is 0 Å². The number of halogens is 1. The summed E-state index contributed by atoms with van der Waals surface area (Å²) in [5.41, 5.74) is 0. The molecule has 0 aliphatic heterocycles. The highest BCUT2D eigenvalue weighted by molar-refractivity contribution is 6.29. The molecule has 0 aromatic rings. The molecule has 0 amide bonds. The molecule has 0 unspecified atom stereocenters. The second-order valence-electron chi connectivity index (χ2n) is 5.53. The Bertz CT molecular complexity index is 294.